The minimum atomic E-state index is -2.90. The summed E-state index contributed by atoms with van der Waals surface area (Å²) in [7, 11) is -2.90. The second-order valence-corrected chi connectivity index (χ2v) is 9.65. The van der Waals surface area contributed by atoms with Crippen molar-refractivity contribution >= 4 is 39.8 Å². The van der Waals surface area contributed by atoms with E-state index in [2.05, 4.69) is 29.4 Å². The number of rotatable bonds is 9. The van der Waals surface area contributed by atoms with Crippen LogP contribution in [0, 0.1) is 5.92 Å². The molecule has 0 bridgehead atoms. The van der Waals surface area contributed by atoms with Gasteiger partial charge in [0.1, 0.15) is 9.84 Å². The maximum Gasteiger partial charge on any atom is 0.191 e. The van der Waals surface area contributed by atoms with E-state index in [9.17, 15) is 8.42 Å². The molecule has 1 unspecified atom stereocenters. The monoisotopic (exact) mass is 502 g/mol. The smallest absolute Gasteiger partial charge is 0.191 e. The highest BCUT2D eigenvalue weighted by Crippen LogP contribution is 2.17. The lowest BCUT2D eigenvalue weighted by Crippen LogP contribution is -2.44. The molecule has 156 valence electrons. The van der Waals surface area contributed by atoms with Crippen molar-refractivity contribution in [1.82, 2.24) is 15.5 Å². The predicted molar refractivity (Wildman–Crippen MR) is 122 cm³/mol. The summed E-state index contributed by atoms with van der Waals surface area (Å²) in [5.41, 5.74) is 0. The van der Waals surface area contributed by atoms with Crippen LogP contribution in [-0.2, 0) is 9.84 Å². The van der Waals surface area contributed by atoms with Crippen LogP contribution >= 0.6 is 24.0 Å². The molecule has 0 saturated carbocycles. The molecule has 0 aromatic carbocycles. The third-order valence-electron chi connectivity index (χ3n) is 4.64. The van der Waals surface area contributed by atoms with E-state index in [-0.39, 0.29) is 29.7 Å². The molecule has 1 atom stereocenters. The van der Waals surface area contributed by atoms with Crippen LogP contribution in [-0.4, -0.2) is 70.1 Å². The molecule has 26 heavy (non-hydrogen) atoms. The van der Waals surface area contributed by atoms with Gasteiger partial charge in [-0.1, -0.05) is 26.7 Å². The first-order valence-electron chi connectivity index (χ1n) is 9.77. The van der Waals surface area contributed by atoms with Gasteiger partial charge in [0.2, 0.25) is 0 Å². The number of nitrogens with one attached hydrogen (secondary N) is 2. The van der Waals surface area contributed by atoms with E-state index in [1.54, 1.807) is 0 Å². The SMILES string of the molecule is CCNC(=NCC(C(C)C)N1CCCCCC1)NCCCS(C)(=O)=O.I. The van der Waals surface area contributed by atoms with Crippen molar-refractivity contribution in [2.45, 2.75) is 58.9 Å². The maximum atomic E-state index is 11.2. The Hall–Kier alpha value is -0.0900. The third kappa shape index (κ3) is 11.6. The van der Waals surface area contributed by atoms with Crippen LogP contribution in [0.25, 0.3) is 0 Å². The van der Waals surface area contributed by atoms with Gasteiger partial charge in [-0.2, -0.15) is 0 Å². The van der Waals surface area contributed by atoms with Crippen LogP contribution in [0.4, 0.5) is 0 Å². The predicted octanol–water partition coefficient (Wildman–Crippen LogP) is 2.49. The topological polar surface area (TPSA) is 73.8 Å². The highest BCUT2D eigenvalue weighted by molar-refractivity contribution is 14.0. The molecule has 0 aliphatic carbocycles. The zero-order chi connectivity index (χ0) is 18.7. The van der Waals surface area contributed by atoms with Gasteiger partial charge in [-0.15, -0.1) is 24.0 Å². The number of aliphatic imine (C=N–C) groups is 1. The number of likely N-dealkylation sites (tertiary alicyclic amines) is 1. The molecule has 6 nitrogen and oxygen atoms in total. The average molecular weight is 503 g/mol. The summed E-state index contributed by atoms with van der Waals surface area (Å²) in [5, 5.41) is 6.52. The van der Waals surface area contributed by atoms with Crippen molar-refractivity contribution in [1.29, 1.82) is 0 Å². The maximum absolute atomic E-state index is 11.2. The first kappa shape index (κ1) is 25.9. The normalized spacial score (nSPS) is 18.1. The first-order chi connectivity index (χ1) is 11.8. The summed E-state index contributed by atoms with van der Waals surface area (Å²) in [6, 6.07) is 0.463. The number of nitrogens with zero attached hydrogens (tertiary/aromatic N) is 2. The van der Waals surface area contributed by atoms with Crippen LogP contribution in [0.5, 0.6) is 0 Å². The largest absolute Gasteiger partial charge is 0.357 e. The molecule has 1 heterocycles. The minimum Gasteiger partial charge on any atom is -0.357 e. The number of halogens is 1. The van der Waals surface area contributed by atoms with Crippen molar-refractivity contribution < 1.29 is 8.42 Å². The summed E-state index contributed by atoms with van der Waals surface area (Å²) in [6.07, 6.45) is 7.14. The Morgan fingerprint density at radius 1 is 1.12 bits per heavy atom. The molecule has 1 rings (SSSR count). The molecule has 1 aliphatic rings. The molecule has 0 aromatic heterocycles. The van der Waals surface area contributed by atoms with Crippen LogP contribution < -0.4 is 10.6 Å². The van der Waals surface area contributed by atoms with E-state index < -0.39 is 9.84 Å². The van der Waals surface area contributed by atoms with Crippen molar-refractivity contribution in [3.63, 3.8) is 0 Å². The van der Waals surface area contributed by atoms with Gasteiger partial charge in [-0.3, -0.25) is 9.89 Å². The van der Waals surface area contributed by atoms with Crippen molar-refractivity contribution in [2.24, 2.45) is 10.9 Å². The van der Waals surface area contributed by atoms with Gasteiger partial charge >= 0.3 is 0 Å². The van der Waals surface area contributed by atoms with Gasteiger partial charge in [-0.05, 0) is 45.2 Å². The fourth-order valence-electron chi connectivity index (χ4n) is 3.24. The summed E-state index contributed by atoms with van der Waals surface area (Å²) >= 11 is 0. The Bertz CT molecular complexity index is 489. The Balaban J connectivity index is 0.00000625. The molecule has 8 heteroatoms. The van der Waals surface area contributed by atoms with Crippen molar-refractivity contribution in [3.05, 3.63) is 0 Å². The van der Waals surface area contributed by atoms with Gasteiger partial charge in [-0.25, -0.2) is 8.42 Å². The molecule has 1 saturated heterocycles. The quantitative estimate of drug-likeness (QED) is 0.219. The van der Waals surface area contributed by atoms with E-state index in [1.165, 1.54) is 45.0 Å². The van der Waals surface area contributed by atoms with Gasteiger partial charge in [0, 0.05) is 25.4 Å². The lowest BCUT2D eigenvalue weighted by Gasteiger charge is -2.32. The molecule has 1 fully saturated rings. The number of hydrogen-bond donors (Lipinski definition) is 2. The molecular weight excluding hydrogens is 463 g/mol. The van der Waals surface area contributed by atoms with Crippen LogP contribution in [0.1, 0.15) is 52.9 Å². The molecule has 0 amide bonds. The highest BCUT2D eigenvalue weighted by atomic mass is 127. The Morgan fingerprint density at radius 2 is 1.73 bits per heavy atom. The lowest BCUT2D eigenvalue weighted by molar-refractivity contribution is 0.166. The van der Waals surface area contributed by atoms with E-state index in [4.69, 9.17) is 4.99 Å². The van der Waals surface area contributed by atoms with Gasteiger partial charge in [0.25, 0.3) is 0 Å². The Kier molecular flexibility index (Phi) is 13.9. The number of sulfone groups is 1. The summed E-state index contributed by atoms with van der Waals surface area (Å²) < 4.78 is 22.4. The van der Waals surface area contributed by atoms with Crippen LogP contribution in [0.15, 0.2) is 4.99 Å². The van der Waals surface area contributed by atoms with E-state index in [1.807, 2.05) is 6.92 Å². The average Bonchev–Trinajstić information content (AvgIpc) is 2.79. The van der Waals surface area contributed by atoms with Crippen LogP contribution in [0.2, 0.25) is 0 Å². The van der Waals surface area contributed by atoms with Crippen molar-refractivity contribution in [3.8, 4) is 0 Å². The Morgan fingerprint density at radius 3 is 2.23 bits per heavy atom. The molecule has 0 spiro atoms. The second-order valence-electron chi connectivity index (χ2n) is 7.39. The minimum absolute atomic E-state index is 0. The Labute approximate surface area is 177 Å². The molecule has 1 aliphatic heterocycles. The van der Waals surface area contributed by atoms with Gasteiger partial charge < -0.3 is 10.6 Å². The standard InChI is InChI=1S/C18H38N4O2S.HI/c1-5-19-18(20-11-10-14-25(4,23)24)21-15-17(16(2)3)22-12-8-6-7-9-13-22;/h16-17H,5-15H2,1-4H3,(H2,19,20,21);1H. The molecule has 0 radical (unpaired) electrons. The van der Waals surface area contributed by atoms with Gasteiger partial charge in [0.05, 0.1) is 12.3 Å². The van der Waals surface area contributed by atoms with Gasteiger partial charge in [0.15, 0.2) is 5.96 Å². The fourth-order valence-corrected chi connectivity index (χ4v) is 3.91. The second kappa shape index (κ2) is 14.0. The third-order valence-corrected chi connectivity index (χ3v) is 5.67. The van der Waals surface area contributed by atoms with E-state index in [0.717, 1.165) is 19.0 Å². The zero-order valence-corrected chi connectivity index (χ0v) is 20.1. The summed E-state index contributed by atoms with van der Waals surface area (Å²) in [5.74, 6) is 1.56. The van der Waals surface area contributed by atoms with E-state index in [0.29, 0.717) is 24.9 Å². The highest BCUT2D eigenvalue weighted by Gasteiger charge is 2.22. The fraction of sp³-hybridized carbons (Fsp3) is 0.944. The van der Waals surface area contributed by atoms with Crippen LogP contribution in [0.3, 0.4) is 0 Å². The molecular formula is C18H39IN4O2S. The molecule has 2 N–H and O–H groups in total. The number of hydrogen-bond acceptors (Lipinski definition) is 4. The zero-order valence-electron chi connectivity index (χ0n) is 17.0. The van der Waals surface area contributed by atoms with Crippen molar-refractivity contribution in [2.75, 3.05) is 44.7 Å². The van der Waals surface area contributed by atoms with E-state index >= 15 is 0 Å². The molecule has 0 aromatic rings. The first-order valence-corrected chi connectivity index (χ1v) is 11.8. The summed E-state index contributed by atoms with van der Waals surface area (Å²) in [4.78, 5) is 7.38. The summed E-state index contributed by atoms with van der Waals surface area (Å²) in [6.45, 7) is 11.1. The lowest BCUT2D eigenvalue weighted by atomic mass is 10.0. The number of guanidine groups is 1.